The Labute approximate surface area is 149 Å². The SMILES string of the molecule is O=C(CCc1nc(C2CCCC2)no1)N1CCC(C(O)C(F)(F)F)CC1. The maximum absolute atomic E-state index is 12.6. The summed E-state index contributed by atoms with van der Waals surface area (Å²) in [5.41, 5.74) is 0. The second-order valence-corrected chi connectivity index (χ2v) is 7.23. The van der Waals surface area contributed by atoms with E-state index in [1.807, 2.05) is 0 Å². The van der Waals surface area contributed by atoms with Gasteiger partial charge in [0.15, 0.2) is 11.9 Å². The van der Waals surface area contributed by atoms with Crippen LogP contribution < -0.4 is 0 Å². The molecule has 1 aromatic rings. The van der Waals surface area contributed by atoms with Crippen molar-refractivity contribution in [3.63, 3.8) is 0 Å². The number of rotatable bonds is 5. The third-order valence-corrected chi connectivity index (χ3v) is 5.43. The summed E-state index contributed by atoms with van der Waals surface area (Å²) >= 11 is 0. The molecule has 0 spiro atoms. The molecule has 1 saturated heterocycles. The Morgan fingerprint density at radius 3 is 2.50 bits per heavy atom. The number of likely N-dealkylation sites (tertiary alicyclic amines) is 1. The average Bonchev–Trinajstić information content (AvgIpc) is 3.29. The standard InChI is InChI=1S/C17H24F3N3O3/c18-17(19,20)15(25)11-7-9-23(10-8-11)14(24)6-5-13-21-16(22-26-13)12-3-1-2-4-12/h11-12,15,25H,1-10H2. The quantitative estimate of drug-likeness (QED) is 0.856. The molecule has 3 rings (SSSR count). The van der Waals surface area contributed by atoms with Gasteiger partial charge in [0.1, 0.15) is 0 Å². The van der Waals surface area contributed by atoms with Crippen LogP contribution in [0, 0.1) is 5.92 Å². The number of hydrogen-bond donors (Lipinski definition) is 1. The molecular formula is C17H24F3N3O3. The van der Waals surface area contributed by atoms with Crippen molar-refractivity contribution in [3.05, 3.63) is 11.7 Å². The predicted octanol–water partition coefficient (Wildman–Crippen LogP) is 2.82. The first-order valence-corrected chi connectivity index (χ1v) is 9.19. The van der Waals surface area contributed by atoms with Crippen LogP contribution in [0.2, 0.25) is 0 Å². The number of aryl methyl sites for hydroxylation is 1. The van der Waals surface area contributed by atoms with Crippen LogP contribution in [0.1, 0.15) is 62.6 Å². The molecule has 6 nitrogen and oxygen atoms in total. The number of halogens is 3. The van der Waals surface area contributed by atoms with Crippen LogP contribution >= 0.6 is 0 Å². The van der Waals surface area contributed by atoms with E-state index in [1.54, 1.807) is 4.90 Å². The zero-order chi connectivity index (χ0) is 18.7. The van der Waals surface area contributed by atoms with Crippen molar-refractivity contribution in [2.75, 3.05) is 13.1 Å². The van der Waals surface area contributed by atoms with Gasteiger partial charge in [0.05, 0.1) is 0 Å². The van der Waals surface area contributed by atoms with Crippen LogP contribution in [0.3, 0.4) is 0 Å². The van der Waals surface area contributed by atoms with E-state index in [4.69, 9.17) is 4.52 Å². The van der Waals surface area contributed by atoms with Crippen LogP contribution in [-0.2, 0) is 11.2 Å². The highest BCUT2D eigenvalue weighted by Crippen LogP contribution is 2.33. The highest BCUT2D eigenvalue weighted by Gasteiger charge is 2.44. The van der Waals surface area contributed by atoms with Gasteiger partial charge in [-0.1, -0.05) is 18.0 Å². The smallest absolute Gasteiger partial charge is 0.383 e. The summed E-state index contributed by atoms with van der Waals surface area (Å²) in [7, 11) is 0. The summed E-state index contributed by atoms with van der Waals surface area (Å²) in [5, 5.41) is 13.3. The summed E-state index contributed by atoms with van der Waals surface area (Å²) in [5.74, 6) is 0.520. The molecule has 1 aliphatic heterocycles. The van der Waals surface area contributed by atoms with Crippen molar-refractivity contribution in [1.29, 1.82) is 0 Å². The summed E-state index contributed by atoms with van der Waals surface area (Å²) in [6.45, 7) is 0.460. The van der Waals surface area contributed by atoms with Crippen LogP contribution in [0.25, 0.3) is 0 Å². The van der Waals surface area contributed by atoms with Gasteiger partial charge < -0.3 is 14.5 Å². The predicted molar refractivity (Wildman–Crippen MR) is 85.2 cm³/mol. The monoisotopic (exact) mass is 375 g/mol. The van der Waals surface area contributed by atoms with E-state index in [0.717, 1.165) is 12.8 Å². The largest absolute Gasteiger partial charge is 0.414 e. The summed E-state index contributed by atoms with van der Waals surface area (Å²) in [4.78, 5) is 18.2. The second kappa shape index (κ2) is 7.94. The number of hydrogen-bond acceptors (Lipinski definition) is 5. The van der Waals surface area contributed by atoms with Gasteiger partial charge in [-0.2, -0.15) is 18.2 Å². The zero-order valence-electron chi connectivity index (χ0n) is 14.5. The highest BCUT2D eigenvalue weighted by atomic mass is 19.4. The molecular weight excluding hydrogens is 351 g/mol. The minimum absolute atomic E-state index is 0.134. The van der Waals surface area contributed by atoms with Gasteiger partial charge in [0, 0.05) is 31.8 Å². The van der Waals surface area contributed by atoms with Crippen LogP contribution in [0.5, 0.6) is 0 Å². The lowest BCUT2D eigenvalue weighted by molar-refractivity contribution is -0.222. The van der Waals surface area contributed by atoms with Gasteiger partial charge in [0.2, 0.25) is 11.8 Å². The van der Waals surface area contributed by atoms with E-state index < -0.39 is 18.2 Å². The van der Waals surface area contributed by atoms with Gasteiger partial charge in [-0.25, -0.2) is 0 Å². The molecule has 1 amide bonds. The fourth-order valence-corrected chi connectivity index (χ4v) is 3.82. The van der Waals surface area contributed by atoms with Crippen LogP contribution in [-0.4, -0.2) is 51.4 Å². The summed E-state index contributed by atoms with van der Waals surface area (Å²) < 4.78 is 42.9. The lowest BCUT2D eigenvalue weighted by Crippen LogP contribution is -2.45. The fourth-order valence-electron chi connectivity index (χ4n) is 3.82. The lowest BCUT2D eigenvalue weighted by atomic mass is 9.90. The van der Waals surface area contributed by atoms with Crippen molar-refractivity contribution in [1.82, 2.24) is 15.0 Å². The number of nitrogens with zero attached hydrogens (tertiary/aromatic N) is 3. The molecule has 0 bridgehead atoms. The lowest BCUT2D eigenvalue weighted by Gasteiger charge is -2.34. The van der Waals surface area contributed by atoms with E-state index in [1.165, 1.54) is 12.8 Å². The molecule has 26 heavy (non-hydrogen) atoms. The first-order valence-electron chi connectivity index (χ1n) is 9.19. The van der Waals surface area contributed by atoms with Crippen LogP contribution in [0.4, 0.5) is 13.2 Å². The molecule has 2 fully saturated rings. The minimum atomic E-state index is -4.61. The maximum atomic E-state index is 12.6. The molecule has 2 aliphatic rings. The Morgan fingerprint density at radius 2 is 1.88 bits per heavy atom. The van der Waals surface area contributed by atoms with Crippen molar-refractivity contribution < 1.29 is 27.6 Å². The Morgan fingerprint density at radius 1 is 1.23 bits per heavy atom. The first kappa shape index (κ1) is 19.1. The maximum Gasteiger partial charge on any atom is 0.414 e. The van der Waals surface area contributed by atoms with Gasteiger partial charge in [-0.15, -0.1) is 0 Å². The number of aliphatic hydroxyl groups is 1. The number of carbonyl (C=O) groups excluding carboxylic acids is 1. The number of piperidine rings is 1. The second-order valence-electron chi connectivity index (χ2n) is 7.23. The van der Waals surface area contributed by atoms with E-state index in [9.17, 15) is 23.1 Å². The average molecular weight is 375 g/mol. The molecule has 9 heteroatoms. The number of alkyl halides is 3. The van der Waals surface area contributed by atoms with Crippen molar-refractivity contribution in [2.24, 2.45) is 5.92 Å². The Bertz CT molecular complexity index is 606. The van der Waals surface area contributed by atoms with Gasteiger partial charge in [0.25, 0.3) is 0 Å². The third-order valence-electron chi connectivity index (χ3n) is 5.43. The minimum Gasteiger partial charge on any atom is -0.383 e. The van der Waals surface area contributed by atoms with Crippen LogP contribution in [0.15, 0.2) is 4.52 Å². The summed E-state index contributed by atoms with van der Waals surface area (Å²) in [6.07, 6.45) is -1.61. The van der Waals surface area contributed by atoms with Crippen molar-refractivity contribution in [3.8, 4) is 0 Å². The molecule has 0 aromatic carbocycles. The normalized spacial score (nSPS) is 21.3. The molecule has 2 heterocycles. The zero-order valence-corrected chi connectivity index (χ0v) is 14.5. The van der Waals surface area contributed by atoms with Crippen molar-refractivity contribution >= 4 is 5.91 Å². The van der Waals surface area contributed by atoms with Gasteiger partial charge in [-0.05, 0) is 31.6 Å². The highest BCUT2D eigenvalue weighted by molar-refractivity contribution is 5.76. The third kappa shape index (κ3) is 4.55. The molecule has 1 N–H and O–H groups in total. The first-order chi connectivity index (χ1) is 12.3. The molecule has 146 valence electrons. The fraction of sp³-hybridized carbons (Fsp3) is 0.824. The summed E-state index contributed by atoms with van der Waals surface area (Å²) in [6, 6.07) is 0. The van der Waals surface area contributed by atoms with Gasteiger partial charge >= 0.3 is 6.18 Å². The number of amides is 1. The van der Waals surface area contributed by atoms with E-state index in [-0.39, 0.29) is 38.3 Å². The van der Waals surface area contributed by atoms with E-state index >= 15 is 0 Å². The molecule has 1 unspecified atom stereocenters. The Kier molecular flexibility index (Phi) is 5.84. The van der Waals surface area contributed by atoms with Crippen molar-refractivity contribution in [2.45, 2.75) is 69.6 Å². The van der Waals surface area contributed by atoms with Gasteiger partial charge in [-0.3, -0.25) is 4.79 Å². The Balaban J connectivity index is 1.43. The van der Waals surface area contributed by atoms with E-state index in [2.05, 4.69) is 10.1 Å². The molecule has 1 saturated carbocycles. The molecule has 1 aliphatic carbocycles. The number of aliphatic hydroxyl groups excluding tert-OH is 1. The molecule has 1 atom stereocenters. The molecule has 0 radical (unpaired) electrons. The van der Waals surface area contributed by atoms with E-state index in [0.29, 0.717) is 24.1 Å². The topological polar surface area (TPSA) is 79.5 Å². The number of carbonyl (C=O) groups is 1. The number of aromatic nitrogens is 2. The Hall–Kier alpha value is -1.64. The molecule has 1 aromatic heterocycles.